The van der Waals surface area contributed by atoms with Gasteiger partial charge < -0.3 is 9.88 Å². The van der Waals surface area contributed by atoms with Gasteiger partial charge in [-0.1, -0.05) is 77.4 Å². The fraction of sp³-hybridized carbons (Fsp3) is 0.280. The summed E-state index contributed by atoms with van der Waals surface area (Å²) in [6, 6.07) is 14.4. The second-order valence-corrected chi connectivity index (χ2v) is 9.88. The molecule has 0 saturated carbocycles. The number of carbonyl (C=O) groups is 2. The highest BCUT2D eigenvalue weighted by Gasteiger charge is 2.26. The number of allylic oxidation sites excluding steroid dienone is 1. The number of hydrogen-bond donors (Lipinski definition) is 1. The van der Waals surface area contributed by atoms with Crippen LogP contribution in [0, 0.1) is 12.8 Å². The first-order valence-corrected chi connectivity index (χ1v) is 12.4. The van der Waals surface area contributed by atoms with Crippen LogP contribution < -0.4 is 5.32 Å². The summed E-state index contributed by atoms with van der Waals surface area (Å²) in [5, 5.41) is 12.4. The second-order valence-electron chi connectivity index (χ2n) is 8.02. The van der Waals surface area contributed by atoms with Gasteiger partial charge in [0.15, 0.2) is 16.8 Å². The van der Waals surface area contributed by atoms with Gasteiger partial charge in [0.1, 0.15) is 0 Å². The molecule has 1 heterocycles. The molecule has 0 radical (unpaired) electrons. The van der Waals surface area contributed by atoms with E-state index in [1.807, 2.05) is 61.7 Å². The maximum atomic E-state index is 12.9. The predicted molar refractivity (Wildman–Crippen MR) is 136 cm³/mol. The van der Waals surface area contributed by atoms with Crippen molar-refractivity contribution < 1.29 is 9.59 Å². The number of nitrogens with zero attached hydrogens (tertiary/aromatic N) is 3. The van der Waals surface area contributed by atoms with Gasteiger partial charge >= 0.3 is 0 Å². The van der Waals surface area contributed by atoms with E-state index >= 15 is 0 Å². The van der Waals surface area contributed by atoms with E-state index in [0.717, 1.165) is 10.0 Å². The number of thioether (sulfide) groups is 1. The summed E-state index contributed by atoms with van der Waals surface area (Å²) in [6.45, 7) is 10.4. The van der Waals surface area contributed by atoms with E-state index in [2.05, 4.69) is 38.0 Å². The lowest BCUT2D eigenvalue weighted by molar-refractivity contribution is 0.0921. The van der Waals surface area contributed by atoms with E-state index < -0.39 is 0 Å². The standard InChI is InChI=1S/C25H27BrN4O2S/c1-5-14-30-23(22(16(2)3)27-24(32)19-8-6-17(4)7-9-19)28-29-25(30)33-15-21(31)18-10-12-20(26)13-11-18/h5-13,16,22H,1,14-15H2,2-4H3,(H,27,32)/t22-/m0/s1. The summed E-state index contributed by atoms with van der Waals surface area (Å²) in [6.07, 6.45) is 1.76. The Kier molecular flexibility index (Phi) is 8.63. The van der Waals surface area contributed by atoms with Crippen molar-refractivity contribution in [1.29, 1.82) is 0 Å². The number of Topliss-reactive ketones (excluding diaryl/α,β-unsaturated/α-hetero) is 1. The molecule has 2 aromatic carbocycles. The van der Waals surface area contributed by atoms with Crippen LogP contribution in [0.1, 0.15) is 52.0 Å². The summed E-state index contributed by atoms with van der Waals surface area (Å²) in [4.78, 5) is 25.5. The van der Waals surface area contributed by atoms with Crippen molar-refractivity contribution in [2.24, 2.45) is 5.92 Å². The summed E-state index contributed by atoms with van der Waals surface area (Å²) in [5.41, 5.74) is 2.33. The third kappa shape index (κ3) is 6.42. The SMILES string of the molecule is C=CCn1c(SCC(=O)c2ccc(Br)cc2)nnc1[C@@H](NC(=O)c1ccc(C)cc1)C(C)C. The van der Waals surface area contributed by atoms with Crippen molar-refractivity contribution in [2.45, 2.75) is 38.5 Å². The molecule has 0 spiro atoms. The average molecular weight is 527 g/mol. The van der Waals surface area contributed by atoms with Crippen molar-refractivity contribution in [2.75, 3.05) is 5.75 Å². The molecule has 0 aliphatic carbocycles. The molecule has 0 unspecified atom stereocenters. The van der Waals surface area contributed by atoms with Crippen LogP contribution in [0.4, 0.5) is 0 Å². The Labute approximate surface area is 207 Å². The number of hydrogen-bond acceptors (Lipinski definition) is 5. The largest absolute Gasteiger partial charge is 0.342 e. The first-order valence-electron chi connectivity index (χ1n) is 10.6. The number of rotatable bonds is 10. The minimum absolute atomic E-state index is 0.00952. The van der Waals surface area contributed by atoms with Gasteiger partial charge in [0.2, 0.25) is 0 Å². The topological polar surface area (TPSA) is 76.9 Å². The Hall–Kier alpha value is -2.71. The number of aryl methyl sites for hydroxylation is 1. The van der Waals surface area contributed by atoms with E-state index in [1.54, 1.807) is 18.2 Å². The minimum Gasteiger partial charge on any atom is -0.342 e. The van der Waals surface area contributed by atoms with Crippen molar-refractivity contribution in [3.05, 3.63) is 88.2 Å². The quantitative estimate of drug-likeness (QED) is 0.210. The zero-order valence-electron chi connectivity index (χ0n) is 18.9. The highest BCUT2D eigenvalue weighted by atomic mass is 79.9. The smallest absolute Gasteiger partial charge is 0.251 e. The number of nitrogens with one attached hydrogen (secondary N) is 1. The summed E-state index contributed by atoms with van der Waals surface area (Å²) >= 11 is 4.71. The number of amides is 1. The molecule has 172 valence electrons. The van der Waals surface area contributed by atoms with Crippen molar-refractivity contribution >= 4 is 39.4 Å². The van der Waals surface area contributed by atoms with Gasteiger partial charge in [0.05, 0.1) is 11.8 Å². The summed E-state index contributed by atoms with van der Waals surface area (Å²) in [7, 11) is 0. The van der Waals surface area contributed by atoms with Crippen molar-refractivity contribution in [3.63, 3.8) is 0 Å². The summed E-state index contributed by atoms with van der Waals surface area (Å²) < 4.78 is 2.83. The highest BCUT2D eigenvalue weighted by molar-refractivity contribution is 9.10. The molecule has 6 nitrogen and oxygen atoms in total. The maximum absolute atomic E-state index is 12.9. The van der Waals surface area contributed by atoms with Crippen LogP contribution in [0.3, 0.4) is 0 Å². The summed E-state index contributed by atoms with van der Waals surface area (Å²) in [5.74, 6) is 0.800. The highest BCUT2D eigenvalue weighted by Crippen LogP contribution is 2.26. The zero-order chi connectivity index (χ0) is 24.0. The lowest BCUT2D eigenvalue weighted by Crippen LogP contribution is -2.33. The van der Waals surface area contributed by atoms with Crippen LogP contribution in [0.15, 0.2) is 70.8 Å². The third-order valence-corrected chi connectivity index (χ3v) is 6.60. The van der Waals surface area contributed by atoms with Gasteiger partial charge in [-0.25, -0.2) is 0 Å². The van der Waals surface area contributed by atoms with E-state index in [1.165, 1.54) is 11.8 Å². The number of aromatic nitrogens is 3. The second kappa shape index (κ2) is 11.4. The molecule has 1 aromatic heterocycles. The van der Waals surface area contributed by atoms with Crippen LogP contribution >= 0.6 is 27.7 Å². The number of benzene rings is 2. The molecule has 3 aromatic rings. The molecule has 3 rings (SSSR count). The number of carbonyl (C=O) groups excluding carboxylic acids is 2. The van der Waals surface area contributed by atoms with E-state index in [4.69, 9.17) is 0 Å². The molecule has 1 atom stereocenters. The van der Waals surface area contributed by atoms with E-state index in [-0.39, 0.29) is 29.4 Å². The van der Waals surface area contributed by atoms with Gasteiger partial charge in [-0.05, 0) is 37.1 Å². The molecule has 33 heavy (non-hydrogen) atoms. The lowest BCUT2D eigenvalue weighted by Gasteiger charge is -2.22. The molecule has 0 bridgehead atoms. The Morgan fingerprint density at radius 1 is 1.09 bits per heavy atom. The van der Waals surface area contributed by atoms with Crippen molar-refractivity contribution in [1.82, 2.24) is 20.1 Å². The van der Waals surface area contributed by atoms with Gasteiger partial charge in [-0.3, -0.25) is 9.59 Å². The first-order chi connectivity index (χ1) is 15.8. The van der Waals surface area contributed by atoms with Crippen LogP contribution in [-0.2, 0) is 6.54 Å². The third-order valence-electron chi connectivity index (χ3n) is 5.10. The molecule has 0 aliphatic rings. The Bertz CT molecular complexity index is 1120. The molecule has 1 amide bonds. The van der Waals surface area contributed by atoms with E-state index in [0.29, 0.717) is 28.7 Å². The lowest BCUT2D eigenvalue weighted by atomic mass is 10.0. The molecule has 0 saturated heterocycles. The Balaban J connectivity index is 1.79. The monoisotopic (exact) mass is 526 g/mol. The normalized spacial score (nSPS) is 11.9. The van der Waals surface area contributed by atoms with Gasteiger partial charge in [-0.2, -0.15) is 0 Å². The molecule has 8 heteroatoms. The fourth-order valence-corrected chi connectivity index (χ4v) is 4.36. The van der Waals surface area contributed by atoms with Crippen LogP contribution in [-0.4, -0.2) is 32.2 Å². The Morgan fingerprint density at radius 2 is 1.73 bits per heavy atom. The van der Waals surface area contributed by atoms with Gasteiger partial charge in [0.25, 0.3) is 5.91 Å². The molecular formula is C25H27BrN4O2S. The molecular weight excluding hydrogens is 500 g/mol. The minimum atomic E-state index is -0.345. The fourth-order valence-electron chi connectivity index (χ4n) is 3.25. The number of halogens is 1. The average Bonchev–Trinajstić information content (AvgIpc) is 3.18. The Morgan fingerprint density at radius 3 is 2.33 bits per heavy atom. The molecule has 1 N–H and O–H groups in total. The van der Waals surface area contributed by atoms with Crippen LogP contribution in [0.2, 0.25) is 0 Å². The maximum Gasteiger partial charge on any atom is 0.251 e. The van der Waals surface area contributed by atoms with Crippen molar-refractivity contribution in [3.8, 4) is 0 Å². The van der Waals surface area contributed by atoms with Gasteiger partial charge in [-0.15, -0.1) is 16.8 Å². The van der Waals surface area contributed by atoms with Gasteiger partial charge in [0, 0.05) is 22.1 Å². The predicted octanol–water partition coefficient (Wildman–Crippen LogP) is 5.64. The molecule has 0 fully saturated rings. The van der Waals surface area contributed by atoms with E-state index in [9.17, 15) is 9.59 Å². The molecule has 0 aliphatic heterocycles. The number of ketones is 1. The first kappa shape index (κ1) is 24.9. The van der Waals surface area contributed by atoms with Crippen LogP contribution in [0.25, 0.3) is 0 Å². The van der Waals surface area contributed by atoms with Crippen LogP contribution in [0.5, 0.6) is 0 Å². The zero-order valence-corrected chi connectivity index (χ0v) is 21.3.